The number of fused-ring (bicyclic) bond motifs is 1. The summed E-state index contributed by atoms with van der Waals surface area (Å²) in [5, 5.41) is 101. The van der Waals surface area contributed by atoms with Crippen molar-refractivity contribution in [1.29, 1.82) is 0 Å². The van der Waals surface area contributed by atoms with Crippen LogP contribution in [-0.2, 0) is 14.2 Å². The van der Waals surface area contributed by atoms with Gasteiger partial charge in [0.1, 0.15) is 85.0 Å². The molecule has 2 aliphatic heterocycles. The molecule has 10 N–H and O–H groups in total. The third-order valence-electron chi connectivity index (χ3n) is 8.31. The first-order valence-corrected chi connectivity index (χ1v) is 16.3. The topological polar surface area (TPSA) is 297 Å². The molecule has 2 saturated heterocycles. The summed E-state index contributed by atoms with van der Waals surface area (Å²) in [5.41, 5.74) is -1.08. The Bertz CT molecular complexity index is 1700. The summed E-state index contributed by atoms with van der Waals surface area (Å²) in [6, 6.07) is 6.59. The van der Waals surface area contributed by atoms with E-state index in [1.807, 2.05) is 0 Å². The number of phenols is 1. The minimum Gasteiger partial charge on any atom is -0.507 e. The van der Waals surface area contributed by atoms with Gasteiger partial charge in [-0.3, -0.25) is 4.79 Å². The molecule has 0 amide bonds. The molecular weight excluding hydrogens is 700 g/mol. The standard InChI is InChI=1S/C33H42O19/c1-14-23(38)26(41)28(43)32(49-14)48-13-21-24(39)27(42)29(44)33(51-21)52-31-25(40)22-17(37)11-16(45-7-4-34)12-20(22)50-30(31)15-2-3-18(46-8-5-35)19(10-15)47-9-6-36/h2-3,10-12,14,21,23-24,26-29,32-39,41-44H,4-9,13H2,1H3. The first-order chi connectivity index (χ1) is 24.9. The van der Waals surface area contributed by atoms with Crippen LogP contribution >= 0.6 is 0 Å². The molecule has 0 aliphatic carbocycles. The third-order valence-corrected chi connectivity index (χ3v) is 8.31. The average molecular weight is 743 g/mol. The Morgan fingerprint density at radius 3 is 2.04 bits per heavy atom. The Kier molecular flexibility index (Phi) is 13.1. The number of hydrogen-bond donors (Lipinski definition) is 10. The second-order valence-electron chi connectivity index (χ2n) is 11.9. The molecule has 2 aromatic carbocycles. The van der Waals surface area contributed by atoms with Gasteiger partial charge in [-0.15, -0.1) is 0 Å². The highest BCUT2D eigenvalue weighted by Gasteiger charge is 2.48. The van der Waals surface area contributed by atoms with Crippen LogP contribution in [0.25, 0.3) is 22.3 Å². The van der Waals surface area contributed by atoms with E-state index in [0.29, 0.717) is 0 Å². The second-order valence-corrected chi connectivity index (χ2v) is 11.9. The number of aromatic hydroxyl groups is 1. The zero-order valence-electron chi connectivity index (χ0n) is 27.8. The van der Waals surface area contributed by atoms with Crippen molar-refractivity contribution in [1.82, 2.24) is 0 Å². The van der Waals surface area contributed by atoms with Crippen LogP contribution in [-0.4, -0.2) is 159 Å². The Morgan fingerprint density at radius 2 is 1.35 bits per heavy atom. The van der Waals surface area contributed by atoms with Gasteiger partial charge in [-0.05, 0) is 25.1 Å². The van der Waals surface area contributed by atoms with E-state index >= 15 is 0 Å². The monoisotopic (exact) mass is 742 g/mol. The van der Waals surface area contributed by atoms with E-state index in [-0.39, 0.29) is 79.2 Å². The van der Waals surface area contributed by atoms with Crippen LogP contribution in [0.3, 0.4) is 0 Å². The minimum absolute atomic E-state index is 0.0380. The highest BCUT2D eigenvalue weighted by molar-refractivity contribution is 5.88. The second kappa shape index (κ2) is 17.3. The zero-order chi connectivity index (χ0) is 37.7. The third kappa shape index (κ3) is 8.36. The summed E-state index contributed by atoms with van der Waals surface area (Å²) in [7, 11) is 0. The van der Waals surface area contributed by atoms with E-state index in [9.17, 15) is 55.9 Å². The van der Waals surface area contributed by atoms with E-state index in [0.717, 1.165) is 6.07 Å². The molecule has 19 heteroatoms. The maximum Gasteiger partial charge on any atom is 0.239 e. The molecule has 2 fully saturated rings. The van der Waals surface area contributed by atoms with Crippen LogP contribution < -0.4 is 24.4 Å². The first-order valence-electron chi connectivity index (χ1n) is 16.3. The lowest BCUT2D eigenvalue weighted by Gasteiger charge is -2.42. The lowest BCUT2D eigenvalue weighted by atomic mass is 9.98. The molecule has 0 radical (unpaired) electrons. The number of ether oxygens (including phenoxy) is 7. The fourth-order valence-corrected chi connectivity index (χ4v) is 5.60. The van der Waals surface area contributed by atoms with Crippen molar-refractivity contribution in [2.24, 2.45) is 0 Å². The molecule has 0 bridgehead atoms. The van der Waals surface area contributed by atoms with Crippen LogP contribution in [0.1, 0.15) is 6.92 Å². The molecule has 1 aromatic heterocycles. The van der Waals surface area contributed by atoms with Crippen LogP contribution in [0, 0.1) is 0 Å². The van der Waals surface area contributed by atoms with Crippen molar-refractivity contribution in [3.05, 3.63) is 40.6 Å². The average Bonchev–Trinajstić information content (AvgIpc) is 3.13. The maximum atomic E-state index is 14.1. The summed E-state index contributed by atoms with van der Waals surface area (Å²) < 4.78 is 45.1. The predicted molar refractivity (Wildman–Crippen MR) is 173 cm³/mol. The molecule has 0 saturated carbocycles. The van der Waals surface area contributed by atoms with Crippen LogP contribution in [0.4, 0.5) is 0 Å². The molecule has 10 atom stereocenters. The fourth-order valence-electron chi connectivity index (χ4n) is 5.60. The molecule has 5 rings (SSSR count). The molecule has 3 heterocycles. The van der Waals surface area contributed by atoms with Crippen molar-refractivity contribution < 1.29 is 88.6 Å². The van der Waals surface area contributed by atoms with E-state index < -0.39 is 84.9 Å². The number of phenolic OH excluding ortho intramolecular Hbond substituents is 1. The summed E-state index contributed by atoms with van der Waals surface area (Å²) >= 11 is 0. The van der Waals surface area contributed by atoms with Gasteiger partial charge in [-0.25, -0.2) is 0 Å². The zero-order valence-corrected chi connectivity index (χ0v) is 27.8. The van der Waals surface area contributed by atoms with Gasteiger partial charge in [0, 0.05) is 17.7 Å². The molecule has 288 valence electrons. The van der Waals surface area contributed by atoms with E-state index in [4.69, 9.17) is 37.6 Å². The SMILES string of the molecule is CC1OC(OCC2OC(Oc3c(-c4ccc(OCCO)c(OCCO)c4)oc4cc(OCCO)cc(O)c4c3=O)C(O)C(O)C2O)C(O)C(O)C1O. The maximum absolute atomic E-state index is 14.1. The Labute approximate surface area is 294 Å². The van der Waals surface area contributed by atoms with E-state index in [1.165, 1.54) is 31.2 Å². The van der Waals surface area contributed by atoms with Crippen LogP contribution in [0.5, 0.6) is 28.7 Å². The Hall–Kier alpha value is -3.83. The lowest BCUT2D eigenvalue weighted by Crippen LogP contribution is -2.61. The van der Waals surface area contributed by atoms with Crippen molar-refractivity contribution in [2.45, 2.75) is 68.3 Å². The van der Waals surface area contributed by atoms with E-state index in [1.54, 1.807) is 0 Å². The first kappa shape index (κ1) is 39.4. The number of benzene rings is 2. The highest BCUT2D eigenvalue weighted by atomic mass is 16.7. The van der Waals surface area contributed by atoms with Gasteiger partial charge in [0.2, 0.25) is 17.5 Å². The van der Waals surface area contributed by atoms with Gasteiger partial charge in [-0.2, -0.15) is 0 Å². The van der Waals surface area contributed by atoms with Gasteiger partial charge in [0.05, 0.1) is 32.5 Å². The molecular formula is C33H42O19. The quantitative estimate of drug-likeness (QED) is 0.0758. The lowest BCUT2D eigenvalue weighted by molar-refractivity contribution is -0.318. The molecule has 10 unspecified atom stereocenters. The molecule has 52 heavy (non-hydrogen) atoms. The molecule has 19 nitrogen and oxygen atoms in total. The van der Waals surface area contributed by atoms with Crippen molar-refractivity contribution >= 4 is 11.0 Å². The van der Waals surface area contributed by atoms with Gasteiger partial charge >= 0.3 is 0 Å². The summed E-state index contributed by atoms with van der Waals surface area (Å²) in [5.74, 6) is -1.31. The Morgan fingerprint density at radius 1 is 0.712 bits per heavy atom. The van der Waals surface area contributed by atoms with Gasteiger partial charge in [0.25, 0.3) is 0 Å². The molecule has 0 spiro atoms. The van der Waals surface area contributed by atoms with Crippen molar-refractivity contribution in [2.75, 3.05) is 46.2 Å². The number of aliphatic hydroxyl groups is 9. The fraction of sp³-hybridized carbons (Fsp3) is 0.545. The van der Waals surface area contributed by atoms with Crippen molar-refractivity contribution in [3.63, 3.8) is 0 Å². The van der Waals surface area contributed by atoms with Crippen molar-refractivity contribution in [3.8, 4) is 40.1 Å². The smallest absolute Gasteiger partial charge is 0.239 e. The van der Waals surface area contributed by atoms with Gasteiger partial charge in [-0.1, -0.05) is 0 Å². The molecule has 3 aromatic rings. The number of aliphatic hydroxyl groups excluding tert-OH is 9. The van der Waals surface area contributed by atoms with Gasteiger partial charge in [0.15, 0.2) is 23.5 Å². The Balaban J connectivity index is 1.53. The van der Waals surface area contributed by atoms with Gasteiger partial charge < -0.3 is 88.6 Å². The normalized spacial score (nSPS) is 29.2. The minimum atomic E-state index is -1.98. The predicted octanol–water partition coefficient (Wildman–Crippen LogP) is -2.69. The highest BCUT2D eigenvalue weighted by Crippen LogP contribution is 2.40. The number of rotatable bonds is 15. The van der Waals surface area contributed by atoms with Crippen LogP contribution in [0.2, 0.25) is 0 Å². The van der Waals surface area contributed by atoms with E-state index in [2.05, 4.69) is 0 Å². The summed E-state index contributed by atoms with van der Waals surface area (Å²) in [6.07, 6.45) is -16.3. The molecule has 2 aliphatic rings. The van der Waals surface area contributed by atoms with Crippen LogP contribution in [0.15, 0.2) is 39.5 Å². The number of hydrogen-bond acceptors (Lipinski definition) is 19. The summed E-state index contributed by atoms with van der Waals surface area (Å²) in [6.45, 7) is -0.648. The largest absolute Gasteiger partial charge is 0.507 e. The summed E-state index contributed by atoms with van der Waals surface area (Å²) in [4.78, 5) is 14.1.